The van der Waals surface area contributed by atoms with E-state index in [1.54, 1.807) is 48.5 Å². The first-order valence-electron chi connectivity index (χ1n) is 13.2. The van der Waals surface area contributed by atoms with Crippen LogP contribution in [0.3, 0.4) is 0 Å². The fourth-order valence-corrected chi connectivity index (χ4v) is 5.17. The van der Waals surface area contributed by atoms with E-state index in [0.29, 0.717) is 29.6 Å². The molecule has 0 saturated heterocycles. The van der Waals surface area contributed by atoms with Gasteiger partial charge in [0.25, 0.3) is 0 Å². The number of nitrogens with zero attached hydrogens (tertiary/aromatic N) is 2. The Hall–Kier alpha value is -3.56. The lowest BCUT2D eigenvalue weighted by molar-refractivity contribution is -0.140. The molecule has 0 spiro atoms. The molecule has 10 heteroatoms. The molecule has 40 heavy (non-hydrogen) atoms. The number of sulfonamides is 1. The van der Waals surface area contributed by atoms with E-state index in [2.05, 4.69) is 5.32 Å². The van der Waals surface area contributed by atoms with Crippen molar-refractivity contribution in [1.29, 1.82) is 0 Å². The van der Waals surface area contributed by atoms with E-state index < -0.39 is 28.5 Å². The third-order valence-electron chi connectivity index (χ3n) is 6.20. The molecule has 3 rings (SSSR count). The van der Waals surface area contributed by atoms with E-state index in [-0.39, 0.29) is 18.9 Å². The maximum absolute atomic E-state index is 14.0. The first-order valence-corrected chi connectivity index (χ1v) is 15.4. The summed E-state index contributed by atoms with van der Waals surface area (Å²) in [6, 6.07) is 22.0. The van der Waals surface area contributed by atoms with E-state index >= 15 is 0 Å². The molecular formula is C30H36ClN3O5S. The Balaban J connectivity index is 2.01. The van der Waals surface area contributed by atoms with Crippen LogP contribution in [-0.2, 0) is 32.6 Å². The van der Waals surface area contributed by atoms with Gasteiger partial charge in [-0.1, -0.05) is 61.0 Å². The van der Waals surface area contributed by atoms with Crippen molar-refractivity contribution in [2.45, 2.75) is 39.3 Å². The molecule has 0 radical (unpaired) electrons. The fourth-order valence-electron chi connectivity index (χ4n) is 4.20. The van der Waals surface area contributed by atoms with Crippen LogP contribution in [0.4, 0.5) is 5.69 Å². The number of ether oxygens (including phenoxy) is 1. The number of carbonyl (C=O) groups excluding carboxylic acids is 2. The van der Waals surface area contributed by atoms with Gasteiger partial charge < -0.3 is 15.0 Å². The van der Waals surface area contributed by atoms with Gasteiger partial charge >= 0.3 is 0 Å². The Kier molecular flexibility index (Phi) is 11.4. The van der Waals surface area contributed by atoms with Crippen LogP contribution in [0.1, 0.15) is 31.4 Å². The van der Waals surface area contributed by atoms with E-state index in [9.17, 15) is 18.0 Å². The molecule has 214 valence electrons. The lowest BCUT2D eigenvalue weighted by Gasteiger charge is -2.33. The average molecular weight is 586 g/mol. The van der Waals surface area contributed by atoms with Crippen LogP contribution in [0.15, 0.2) is 78.9 Å². The third kappa shape index (κ3) is 8.99. The normalized spacial score (nSPS) is 11.9. The Morgan fingerprint density at radius 3 is 2.15 bits per heavy atom. The summed E-state index contributed by atoms with van der Waals surface area (Å²) in [7, 11) is -3.84. The molecule has 3 aromatic carbocycles. The van der Waals surface area contributed by atoms with Crippen molar-refractivity contribution in [3.8, 4) is 5.75 Å². The lowest BCUT2D eigenvalue weighted by Crippen LogP contribution is -2.53. The highest BCUT2D eigenvalue weighted by Gasteiger charge is 2.33. The van der Waals surface area contributed by atoms with Crippen LogP contribution in [0, 0.1) is 0 Å². The molecule has 1 N–H and O–H groups in total. The van der Waals surface area contributed by atoms with Crippen molar-refractivity contribution in [1.82, 2.24) is 10.2 Å². The minimum absolute atomic E-state index is 0.0912. The van der Waals surface area contributed by atoms with Gasteiger partial charge in [-0.15, -0.1) is 0 Å². The second kappa shape index (κ2) is 14.7. The summed E-state index contributed by atoms with van der Waals surface area (Å²) in [5.41, 5.74) is 1.95. The number of hydrogen-bond donors (Lipinski definition) is 1. The van der Waals surface area contributed by atoms with Crippen LogP contribution >= 0.6 is 11.6 Å². The monoisotopic (exact) mass is 585 g/mol. The van der Waals surface area contributed by atoms with Crippen molar-refractivity contribution < 1.29 is 22.7 Å². The van der Waals surface area contributed by atoms with Gasteiger partial charge in [0.1, 0.15) is 18.3 Å². The zero-order chi connectivity index (χ0) is 29.1. The first-order chi connectivity index (χ1) is 19.1. The van der Waals surface area contributed by atoms with E-state index in [0.717, 1.165) is 28.1 Å². The Morgan fingerprint density at radius 2 is 1.57 bits per heavy atom. The van der Waals surface area contributed by atoms with Crippen LogP contribution < -0.4 is 14.4 Å². The summed E-state index contributed by atoms with van der Waals surface area (Å²) in [4.78, 5) is 28.9. The lowest BCUT2D eigenvalue weighted by atomic mass is 10.0. The van der Waals surface area contributed by atoms with E-state index in [4.69, 9.17) is 16.3 Å². The van der Waals surface area contributed by atoms with Crippen LogP contribution in [-0.4, -0.2) is 57.1 Å². The number of nitrogens with one attached hydrogen (secondary N) is 1. The summed E-state index contributed by atoms with van der Waals surface area (Å²) in [6.45, 7) is 4.34. The van der Waals surface area contributed by atoms with Crippen molar-refractivity contribution in [3.63, 3.8) is 0 Å². The summed E-state index contributed by atoms with van der Waals surface area (Å²) >= 11 is 6.08. The minimum atomic E-state index is -3.84. The quantitative estimate of drug-likeness (QED) is 0.297. The van der Waals surface area contributed by atoms with Crippen LogP contribution in [0.2, 0.25) is 5.02 Å². The number of hydrogen-bond acceptors (Lipinski definition) is 5. The molecule has 3 aromatic rings. The number of halogens is 1. The molecule has 8 nitrogen and oxygen atoms in total. The topological polar surface area (TPSA) is 96.0 Å². The van der Waals surface area contributed by atoms with Gasteiger partial charge in [0.15, 0.2) is 0 Å². The number of amides is 2. The molecular weight excluding hydrogens is 550 g/mol. The number of rotatable bonds is 14. The predicted octanol–water partition coefficient (Wildman–Crippen LogP) is 4.67. The minimum Gasteiger partial charge on any atom is -0.494 e. The van der Waals surface area contributed by atoms with Crippen LogP contribution in [0.25, 0.3) is 0 Å². The summed E-state index contributed by atoms with van der Waals surface area (Å²) in [5.74, 6) is -0.229. The molecule has 0 aromatic heterocycles. The molecule has 1 atom stereocenters. The Bertz CT molecular complexity index is 1350. The van der Waals surface area contributed by atoms with Gasteiger partial charge in [-0.05, 0) is 60.9 Å². The molecule has 0 bridgehead atoms. The van der Waals surface area contributed by atoms with Gasteiger partial charge in [0.05, 0.1) is 18.6 Å². The molecule has 0 aliphatic carbocycles. The van der Waals surface area contributed by atoms with Crippen molar-refractivity contribution in [3.05, 3.63) is 95.0 Å². The molecule has 0 aliphatic rings. The van der Waals surface area contributed by atoms with Crippen molar-refractivity contribution in [2.24, 2.45) is 0 Å². The van der Waals surface area contributed by atoms with Gasteiger partial charge in [-0.3, -0.25) is 13.9 Å². The second-order valence-corrected chi connectivity index (χ2v) is 11.7. The largest absolute Gasteiger partial charge is 0.494 e. The highest BCUT2D eigenvalue weighted by atomic mass is 35.5. The van der Waals surface area contributed by atoms with Gasteiger partial charge in [0.2, 0.25) is 21.8 Å². The number of anilines is 1. The molecule has 0 aliphatic heterocycles. The molecule has 0 saturated carbocycles. The zero-order valence-electron chi connectivity index (χ0n) is 23.0. The van der Waals surface area contributed by atoms with Gasteiger partial charge in [-0.2, -0.15) is 0 Å². The SMILES string of the molecule is CCCNC(=O)[C@@H](Cc1ccccc1)N(Cc1ccc(Cl)cc1)C(=O)CN(c1ccc(OCC)cc1)S(C)(=O)=O. The molecule has 2 amide bonds. The average Bonchev–Trinajstić information content (AvgIpc) is 2.94. The highest BCUT2D eigenvalue weighted by Crippen LogP contribution is 2.23. The van der Waals surface area contributed by atoms with Crippen molar-refractivity contribution in [2.75, 3.05) is 30.3 Å². The van der Waals surface area contributed by atoms with E-state index in [1.807, 2.05) is 44.2 Å². The summed E-state index contributed by atoms with van der Waals surface area (Å²) in [5, 5.41) is 3.46. The highest BCUT2D eigenvalue weighted by molar-refractivity contribution is 7.92. The molecule has 0 unspecified atom stereocenters. The Morgan fingerprint density at radius 1 is 0.925 bits per heavy atom. The van der Waals surface area contributed by atoms with E-state index in [1.165, 1.54) is 4.90 Å². The first kappa shape index (κ1) is 31.0. The van der Waals surface area contributed by atoms with Crippen LogP contribution in [0.5, 0.6) is 5.75 Å². The summed E-state index contributed by atoms with van der Waals surface area (Å²) < 4.78 is 32.2. The van der Waals surface area contributed by atoms with Crippen molar-refractivity contribution >= 4 is 39.1 Å². The zero-order valence-corrected chi connectivity index (χ0v) is 24.6. The maximum atomic E-state index is 14.0. The molecule has 0 fully saturated rings. The molecule has 0 heterocycles. The fraction of sp³-hybridized carbons (Fsp3) is 0.333. The summed E-state index contributed by atoms with van der Waals surface area (Å²) in [6.07, 6.45) is 2.04. The Labute approximate surface area is 241 Å². The predicted molar refractivity (Wildman–Crippen MR) is 159 cm³/mol. The maximum Gasteiger partial charge on any atom is 0.244 e. The van der Waals surface area contributed by atoms with Gasteiger partial charge in [0, 0.05) is 24.5 Å². The third-order valence-corrected chi connectivity index (χ3v) is 7.59. The number of carbonyl (C=O) groups is 2. The number of benzene rings is 3. The second-order valence-electron chi connectivity index (χ2n) is 9.34. The standard InChI is InChI=1S/C30H36ClN3O5S/c1-4-19-32-30(36)28(20-23-9-7-6-8-10-23)33(21-24-11-13-25(31)14-12-24)29(35)22-34(40(3,37)38)26-15-17-27(18-16-26)39-5-2/h6-18,28H,4-5,19-22H2,1-3H3,(H,32,36)/t28-/m1/s1. The van der Waals surface area contributed by atoms with Gasteiger partial charge in [-0.25, -0.2) is 8.42 Å². The smallest absolute Gasteiger partial charge is 0.244 e.